The number of carbonyl (C=O) groups excluding carboxylic acids is 1. The maximum Gasteiger partial charge on any atom is 0.261 e. The maximum atomic E-state index is 13.9. The monoisotopic (exact) mass is 319 g/mol. The van der Waals surface area contributed by atoms with E-state index in [1.807, 2.05) is 6.92 Å². The van der Waals surface area contributed by atoms with E-state index >= 15 is 0 Å². The summed E-state index contributed by atoms with van der Waals surface area (Å²) in [7, 11) is 1.29. The van der Waals surface area contributed by atoms with Gasteiger partial charge in [0, 0.05) is 23.8 Å². The van der Waals surface area contributed by atoms with Crippen LogP contribution < -0.4 is 0 Å². The Morgan fingerprint density at radius 1 is 1.45 bits per heavy atom. The lowest BCUT2D eigenvalue weighted by Gasteiger charge is -2.17. The topological polar surface area (TPSA) is 54.5 Å². The molecule has 1 amide bonds. The van der Waals surface area contributed by atoms with Gasteiger partial charge in [-0.15, -0.1) is 0 Å². The van der Waals surface area contributed by atoms with Gasteiger partial charge >= 0.3 is 0 Å². The van der Waals surface area contributed by atoms with Gasteiger partial charge in [0.25, 0.3) is 15.0 Å². The summed E-state index contributed by atoms with van der Waals surface area (Å²) >= 11 is 0. The second-order valence-corrected chi connectivity index (χ2v) is 7.71. The Bertz CT molecular complexity index is 660. The van der Waals surface area contributed by atoms with Crippen molar-refractivity contribution in [3.63, 3.8) is 0 Å². The Morgan fingerprint density at radius 3 is 2.60 bits per heavy atom. The molecule has 1 heterocycles. The van der Waals surface area contributed by atoms with E-state index in [0.717, 1.165) is 18.6 Å². The van der Waals surface area contributed by atoms with Crippen molar-refractivity contribution < 1.29 is 17.6 Å². The van der Waals surface area contributed by atoms with Gasteiger partial charge in [0.1, 0.15) is 5.82 Å². The minimum absolute atomic E-state index is 0.184. The van der Waals surface area contributed by atoms with Crippen molar-refractivity contribution in [3.05, 3.63) is 29.1 Å². The highest BCUT2D eigenvalue weighted by atomic mass is 35.7. The van der Waals surface area contributed by atoms with Gasteiger partial charge in [0.15, 0.2) is 0 Å². The van der Waals surface area contributed by atoms with E-state index in [0.29, 0.717) is 19.0 Å². The molecule has 1 atom stereocenters. The van der Waals surface area contributed by atoms with Gasteiger partial charge in [-0.05, 0) is 37.0 Å². The number of carbonyl (C=O) groups is 1. The molecule has 0 bridgehead atoms. The first-order valence-electron chi connectivity index (χ1n) is 6.24. The van der Waals surface area contributed by atoms with Crippen LogP contribution in [0.1, 0.15) is 29.3 Å². The second-order valence-electron chi connectivity index (χ2n) is 5.18. The molecule has 1 unspecified atom stereocenters. The molecule has 7 heteroatoms. The van der Waals surface area contributed by atoms with Crippen molar-refractivity contribution in [1.82, 2.24) is 4.90 Å². The minimum atomic E-state index is -4.01. The van der Waals surface area contributed by atoms with Crippen LogP contribution in [-0.2, 0) is 9.05 Å². The predicted molar refractivity (Wildman–Crippen MR) is 73.9 cm³/mol. The van der Waals surface area contributed by atoms with E-state index in [-0.39, 0.29) is 16.0 Å². The first-order valence-corrected chi connectivity index (χ1v) is 8.55. The van der Waals surface area contributed by atoms with Crippen molar-refractivity contribution in [3.8, 4) is 0 Å². The van der Waals surface area contributed by atoms with Crippen LogP contribution in [0, 0.1) is 18.7 Å². The smallest absolute Gasteiger partial charge is 0.261 e. The molecule has 0 aliphatic carbocycles. The maximum absolute atomic E-state index is 13.9. The van der Waals surface area contributed by atoms with Crippen molar-refractivity contribution in [1.29, 1.82) is 0 Å². The molecular formula is C13H15ClFNO3S. The van der Waals surface area contributed by atoms with Gasteiger partial charge in [-0.1, -0.05) is 6.92 Å². The normalized spacial score (nSPS) is 19.4. The number of halogens is 2. The lowest BCUT2D eigenvalue weighted by molar-refractivity contribution is 0.0783. The summed E-state index contributed by atoms with van der Waals surface area (Å²) in [5, 5.41) is 0. The summed E-state index contributed by atoms with van der Waals surface area (Å²) in [5.74, 6) is -0.853. The molecule has 1 aromatic carbocycles. The summed E-state index contributed by atoms with van der Waals surface area (Å²) < 4.78 is 36.8. The highest BCUT2D eigenvalue weighted by Gasteiger charge is 2.28. The molecular weight excluding hydrogens is 305 g/mol. The van der Waals surface area contributed by atoms with Gasteiger partial charge in [0.2, 0.25) is 0 Å². The van der Waals surface area contributed by atoms with Crippen LogP contribution in [0.15, 0.2) is 17.0 Å². The van der Waals surface area contributed by atoms with Crippen molar-refractivity contribution in [2.75, 3.05) is 13.1 Å². The number of hydrogen-bond donors (Lipinski definition) is 0. The van der Waals surface area contributed by atoms with Gasteiger partial charge < -0.3 is 4.90 Å². The van der Waals surface area contributed by atoms with E-state index in [4.69, 9.17) is 10.7 Å². The quantitative estimate of drug-likeness (QED) is 0.787. The highest BCUT2D eigenvalue weighted by molar-refractivity contribution is 8.13. The zero-order valence-corrected chi connectivity index (χ0v) is 12.8. The Hall–Kier alpha value is -1.14. The lowest BCUT2D eigenvalue weighted by Crippen LogP contribution is -2.29. The number of nitrogens with zero attached hydrogens (tertiary/aromatic N) is 1. The molecule has 0 aromatic heterocycles. The number of likely N-dealkylation sites (tertiary alicyclic amines) is 1. The summed E-state index contributed by atoms with van der Waals surface area (Å²) in [4.78, 5) is 13.6. The Kier molecular flexibility index (Phi) is 4.07. The fraction of sp³-hybridized carbons (Fsp3) is 0.462. The van der Waals surface area contributed by atoms with E-state index < -0.39 is 20.8 Å². The standard InChI is InChI=1S/C13H15ClFNO3S/c1-8-3-4-16(7-8)13(17)10-6-12(20(14,18)19)9(2)5-11(10)15/h5-6,8H,3-4,7H2,1-2H3. The first-order chi connectivity index (χ1) is 9.20. The Morgan fingerprint density at radius 2 is 2.10 bits per heavy atom. The molecule has 2 rings (SSSR count). The molecule has 110 valence electrons. The summed E-state index contributed by atoms with van der Waals surface area (Å²) in [6, 6.07) is 2.06. The van der Waals surface area contributed by atoms with E-state index in [1.54, 1.807) is 0 Å². The van der Waals surface area contributed by atoms with Crippen molar-refractivity contribution in [2.24, 2.45) is 5.92 Å². The first kappa shape index (κ1) is 15.3. The fourth-order valence-electron chi connectivity index (χ4n) is 2.37. The Balaban J connectivity index is 2.44. The zero-order valence-electron chi connectivity index (χ0n) is 11.2. The number of rotatable bonds is 2. The molecule has 1 aliphatic heterocycles. The lowest BCUT2D eigenvalue weighted by atomic mass is 10.1. The van der Waals surface area contributed by atoms with Crippen LogP contribution in [0.4, 0.5) is 4.39 Å². The number of hydrogen-bond acceptors (Lipinski definition) is 3. The zero-order chi connectivity index (χ0) is 15.1. The summed E-state index contributed by atoms with van der Waals surface area (Å²) in [6.45, 7) is 4.54. The molecule has 4 nitrogen and oxygen atoms in total. The Labute approximate surface area is 121 Å². The SMILES string of the molecule is Cc1cc(F)c(C(=O)N2CCC(C)C2)cc1S(=O)(=O)Cl. The van der Waals surface area contributed by atoms with E-state index in [2.05, 4.69) is 0 Å². The predicted octanol–water partition coefficient (Wildman–Crippen LogP) is 2.54. The minimum Gasteiger partial charge on any atom is -0.338 e. The average molecular weight is 320 g/mol. The molecule has 1 aromatic rings. The van der Waals surface area contributed by atoms with Crippen LogP contribution in [0.25, 0.3) is 0 Å². The van der Waals surface area contributed by atoms with Crippen LogP contribution in [-0.4, -0.2) is 32.3 Å². The van der Waals surface area contributed by atoms with Crippen molar-refractivity contribution in [2.45, 2.75) is 25.2 Å². The molecule has 1 aliphatic rings. The van der Waals surface area contributed by atoms with Crippen molar-refractivity contribution >= 4 is 25.6 Å². The third-order valence-electron chi connectivity index (χ3n) is 3.47. The molecule has 0 saturated carbocycles. The van der Waals surface area contributed by atoms with Gasteiger partial charge in [-0.3, -0.25) is 4.79 Å². The highest BCUT2D eigenvalue weighted by Crippen LogP contribution is 2.25. The van der Waals surface area contributed by atoms with Gasteiger partial charge in [0.05, 0.1) is 10.5 Å². The number of aryl methyl sites for hydroxylation is 1. The van der Waals surface area contributed by atoms with Gasteiger partial charge in [-0.2, -0.15) is 0 Å². The fourth-order valence-corrected chi connectivity index (χ4v) is 3.57. The van der Waals surface area contributed by atoms with E-state index in [1.165, 1.54) is 11.8 Å². The van der Waals surface area contributed by atoms with Crippen LogP contribution in [0.2, 0.25) is 0 Å². The molecule has 0 N–H and O–H groups in total. The summed E-state index contributed by atoms with van der Waals surface area (Å²) in [5.41, 5.74) is -0.0623. The van der Waals surface area contributed by atoms with Crippen LogP contribution >= 0.6 is 10.7 Å². The third kappa shape index (κ3) is 2.96. The molecule has 1 fully saturated rings. The largest absolute Gasteiger partial charge is 0.338 e. The van der Waals surface area contributed by atoms with Gasteiger partial charge in [-0.25, -0.2) is 12.8 Å². The average Bonchev–Trinajstić information content (AvgIpc) is 2.73. The number of amides is 1. The summed E-state index contributed by atoms with van der Waals surface area (Å²) in [6.07, 6.45) is 0.861. The molecule has 1 saturated heterocycles. The third-order valence-corrected chi connectivity index (χ3v) is 4.93. The van der Waals surface area contributed by atoms with Crippen LogP contribution in [0.3, 0.4) is 0 Å². The molecule has 0 spiro atoms. The molecule has 0 radical (unpaired) electrons. The second kappa shape index (κ2) is 5.33. The molecule has 20 heavy (non-hydrogen) atoms. The number of benzene rings is 1. The van der Waals surface area contributed by atoms with E-state index in [9.17, 15) is 17.6 Å². The van der Waals surface area contributed by atoms with Crippen LogP contribution in [0.5, 0.6) is 0 Å².